The largest absolute Gasteiger partial charge is 0.299 e. The molecule has 0 amide bonds. The Balaban J connectivity index is 2.09. The Morgan fingerprint density at radius 1 is 1.14 bits per heavy atom. The van der Waals surface area contributed by atoms with E-state index in [1.54, 1.807) is 37.4 Å². The molecule has 3 nitrogen and oxygen atoms in total. The molecule has 0 bridgehead atoms. The van der Waals surface area contributed by atoms with Gasteiger partial charge in [0.15, 0.2) is 5.78 Å². The average Bonchev–Trinajstić information content (AvgIpc) is 2.49. The fraction of sp³-hybridized carbons (Fsp3) is 0.235. The number of carbonyl (C=O) groups excluding carboxylic acids is 2. The van der Waals surface area contributed by atoms with Gasteiger partial charge < -0.3 is 0 Å². The summed E-state index contributed by atoms with van der Waals surface area (Å²) >= 11 is 0. The van der Waals surface area contributed by atoms with Crippen molar-refractivity contribution in [3.63, 3.8) is 0 Å². The van der Waals surface area contributed by atoms with Gasteiger partial charge in [0.05, 0.1) is 0 Å². The smallest absolute Gasteiger partial charge is 0.185 e. The van der Waals surface area contributed by atoms with Crippen LogP contribution < -0.4 is 0 Å². The lowest BCUT2D eigenvalue weighted by molar-refractivity contribution is -0.118. The Kier molecular flexibility index (Phi) is 4.58. The fourth-order valence-electron chi connectivity index (χ4n) is 1.94. The maximum atomic E-state index is 12.8. The molecule has 0 spiro atoms. The Bertz CT molecular complexity index is 647. The van der Waals surface area contributed by atoms with Crippen molar-refractivity contribution in [1.29, 1.82) is 0 Å². The molecule has 0 fully saturated rings. The predicted octanol–water partition coefficient (Wildman–Crippen LogP) is 3.34. The zero-order valence-corrected chi connectivity index (χ0v) is 12.0. The maximum absolute atomic E-state index is 12.8. The summed E-state index contributed by atoms with van der Waals surface area (Å²) in [5.41, 5.74) is 1.88. The lowest BCUT2D eigenvalue weighted by Gasteiger charge is -2.08. The lowest BCUT2D eigenvalue weighted by Crippen LogP contribution is -2.09. The van der Waals surface area contributed by atoms with Crippen molar-refractivity contribution in [2.75, 3.05) is 0 Å². The average molecular weight is 285 g/mol. The Labute approximate surface area is 122 Å². The molecule has 1 atom stereocenters. The molecule has 0 radical (unpaired) electrons. The van der Waals surface area contributed by atoms with Gasteiger partial charge in [0.25, 0.3) is 0 Å². The second kappa shape index (κ2) is 6.39. The molecule has 1 aromatic carbocycles. The first-order valence-electron chi connectivity index (χ1n) is 6.71. The highest BCUT2D eigenvalue weighted by Gasteiger charge is 2.13. The number of nitrogens with zero attached hydrogens (tertiary/aromatic N) is 1. The molecule has 2 aromatic rings. The molecule has 1 unspecified atom stereocenters. The van der Waals surface area contributed by atoms with Crippen molar-refractivity contribution < 1.29 is 14.0 Å². The number of aromatic nitrogens is 1. The summed E-state index contributed by atoms with van der Waals surface area (Å²) in [4.78, 5) is 27.5. The Hall–Kier alpha value is -2.36. The van der Waals surface area contributed by atoms with E-state index in [-0.39, 0.29) is 29.7 Å². The van der Waals surface area contributed by atoms with E-state index in [0.29, 0.717) is 5.69 Å². The van der Waals surface area contributed by atoms with Crippen molar-refractivity contribution in [2.24, 2.45) is 0 Å². The third kappa shape index (κ3) is 3.81. The molecule has 1 heterocycles. The van der Waals surface area contributed by atoms with Gasteiger partial charge in [0.1, 0.15) is 17.3 Å². The molecule has 0 aliphatic carbocycles. The Morgan fingerprint density at radius 2 is 1.81 bits per heavy atom. The summed E-state index contributed by atoms with van der Waals surface area (Å²) in [6.45, 7) is 3.33. The van der Waals surface area contributed by atoms with Gasteiger partial charge in [-0.05, 0) is 36.2 Å². The van der Waals surface area contributed by atoms with Gasteiger partial charge >= 0.3 is 0 Å². The fourth-order valence-corrected chi connectivity index (χ4v) is 1.94. The van der Waals surface area contributed by atoms with Gasteiger partial charge in [0, 0.05) is 18.5 Å². The normalized spacial score (nSPS) is 12.0. The van der Waals surface area contributed by atoms with Crippen LogP contribution >= 0.6 is 0 Å². The number of halogens is 1. The third-order valence-electron chi connectivity index (χ3n) is 3.46. The van der Waals surface area contributed by atoms with Gasteiger partial charge in [-0.25, -0.2) is 4.39 Å². The summed E-state index contributed by atoms with van der Waals surface area (Å²) in [5.74, 6) is -0.628. The number of hydrogen-bond acceptors (Lipinski definition) is 3. The summed E-state index contributed by atoms with van der Waals surface area (Å²) in [6.07, 6.45) is 1.73. The second-order valence-electron chi connectivity index (χ2n) is 5.04. The monoisotopic (exact) mass is 285 g/mol. The zero-order valence-electron chi connectivity index (χ0n) is 12.0. The molecule has 108 valence electrons. The van der Waals surface area contributed by atoms with E-state index in [4.69, 9.17) is 0 Å². The molecule has 1 aromatic heterocycles. The SMILES string of the molecule is CC(=O)C(C)c1ccc(C(=O)Cc2ccc(F)cc2)nc1. The van der Waals surface area contributed by atoms with E-state index in [1.165, 1.54) is 19.1 Å². The van der Waals surface area contributed by atoms with Crippen molar-refractivity contribution in [1.82, 2.24) is 4.98 Å². The van der Waals surface area contributed by atoms with Crippen LogP contribution in [0.2, 0.25) is 0 Å². The van der Waals surface area contributed by atoms with E-state index in [1.807, 2.05) is 0 Å². The Morgan fingerprint density at radius 3 is 2.33 bits per heavy atom. The zero-order chi connectivity index (χ0) is 15.4. The molecular weight excluding hydrogens is 269 g/mol. The van der Waals surface area contributed by atoms with Crippen LogP contribution in [0.15, 0.2) is 42.6 Å². The number of pyridine rings is 1. The summed E-state index contributed by atoms with van der Waals surface area (Å²) in [5, 5.41) is 0. The first kappa shape index (κ1) is 15.0. The summed E-state index contributed by atoms with van der Waals surface area (Å²) < 4.78 is 12.8. The summed E-state index contributed by atoms with van der Waals surface area (Å²) in [7, 11) is 0. The highest BCUT2D eigenvalue weighted by atomic mass is 19.1. The lowest BCUT2D eigenvalue weighted by atomic mass is 9.98. The number of benzene rings is 1. The maximum Gasteiger partial charge on any atom is 0.185 e. The van der Waals surface area contributed by atoms with Crippen LogP contribution in [-0.4, -0.2) is 16.6 Å². The van der Waals surface area contributed by atoms with Gasteiger partial charge in [0.2, 0.25) is 0 Å². The minimum Gasteiger partial charge on any atom is -0.299 e. The van der Waals surface area contributed by atoms with E-state index in [0.717, 1.165) is 11.1 Å². The highest BCUT2D eigenvalue weighted by Crippen LogP contribution is 2.16. The molecular formula is C17H16FNO2. The van der Waals surface area contributed by atoms with Gasteiger partial charge in [-0.3, -0.25) is 14.6 Å². The van der Waals surface area contributed by atoms with Gasteiger partial charge in [-0.1, -0.05) is 25.1 Å². The quantitative estimate of drug-likeness (QED) is 0.792. The molecule has 0 N–H and O–H groups in total. The van der Waals surface area contributed by atoms with Crippen LogP contribution in [0.25, 0.3) is 0 Å². The highest BCUT2D eigenvalue weighted by molar-refractivity contribution is 5.95. The van der Waals surface area contributed by atoms with Crippen LogP contribution in [0.1, 0.15) is 41.4 Å². The van der Waals surface area contributed by atoms with Gasteiger partial charge in [-0.2, -0.15) is 0 Å². The molecule has 4 heteroatoms. The minimum atomic E-state index is -0.327. The number of carbonyl (C=O) groups is 2. The van der Waals surface area contributed by atoms with Crippen molar-refractivity contribution in [3.8, 4) is 0 Å². The topological polar surface area (TPSA) is 47.0 Å². The third-order valence-corrected chi connectivity index (χ3v) is 3.46. The minimum absolute atomic E-state index is 0.0576. The van der Waals surface area contributed by atoms with E-state index >= 15 is 0 Å². The number of rotatable bonds is 5. The van der Waals surface area contributed by atoms with Gasteiger partial charge in [-0.15, -0.1) is 0 Å². The van der Waals surface area contributed by atoms with Crippen molar-refractivity contribution in [3.05, 3.63) is 65.2 Å². The molecule has 0 aliphatic rings. The molecule has 0 saturated heterocycles. The number of hydrogen-bond donors (Lipinski definition) is 0. The van der Waals surface area contributed by atoms with Crippen molar-refractivity contribution >= 4 is 11.6 Å². The van der Waals surface area contributed by atoms with E-state index in [2.05, 4.69) is 4.98 Å². The van der Waals surface area contributed by atoms with Crippen molar-refractivity contribution in [2.45, 2.75) is 26.2 Å². The van der Waals surface area contributed by atoms with Crippen LogP contribution in [0.5, 0.6) is 0 Å². The molecule has 0 saturated carbocycles. The molecule has 21 heavy (non-hydrogen) atoms. The van der Waals surface area contributed by atoms with Crippen LogP contribution in [0, 0.1) is 5.82 Å². The number of ketones is 2. The van der Waals surface area contributed by atoms with E-state index in [9.17, 15) is 14.0 Å². The van der Waals surface area contributed by atoms with Crippen LogP contribution in [0.3, 0.4) is 0 Å². The molecule has 2 rings (SSSR count). The summed E-state index contributed by atoms with van der Waals surface area (Å²) in [6, 6.07) is 9.19. The first-order valence-corrected chi connectivity index (χ1v) is 6.71. The van der Waals surface area contributed by atoms with Crippen LogP contribution in [0.4, 0.5) is 4.39 Å². The number of Topliss-reactive ketones (excluding diaryl/α,β-unsaturated/α-hetero) is 2. The molecule has 0 aliphatic heterocycles. The predicted molar refractivity (Wildman–Crippen MR) is 77.8 cm³/mol. The van der Waals surface area contributed by atoms with E-state index < -0.39 is 0 Å². The van der Waals surface area contributed by atoms with Crippen LogP contribution in [-0.2, 0) is 11.2 Å². The standard InChI is InChI=1S/C17H16FNO2/c1-11(12(2)20)14-5-8-16(19-10-14)17(21)9-13-3-6-15(18)7-4-13/h3-8,10-11H,9H2,1-2H3. The first-order chi connectivity index (χ1) is 9.97. The second-order valence-corrected chi connectivity index (χ2v) is 5.04.